The number of aromatic nitrogens is 2. The van der Waals surface area contributed by atoms with Crippen molar-refractivity contribution in [1.82, 2.24) is 9.55 Å². The normalized spacial score (nSPS) is 17.1. The minimum atomic E-state index is -0.186. The van der Waals surface area contributed by atoms with E-state index >= 15 is 0 Å². The van der Waals surface area contributed by atoms with Crippen LogP contribution in [-0.4, -0.2) is 9.55 Å². The van der Waals surface area contributed by atoms with Gasteiger partial charge in [0.2, 0.25) is 0 Å². The number of alkyl halides is 1. The number of hydrogen-bond acceptors (Lipinski definition) is 1. The lowest BCUT2D eigenvalue weighted by molar-refractivity contribution is 0.476. The summed E-state index contributed by atoms with van der Waals surface area (Å²) in [6.45, 7) is 2.17. The molecular formula is C14H15ClFIN2. The van der Waals surface area contributed by atoms with Gasteiger partial charge in [-0.15, -0.1) is 11.6 Å². The molecule has 0 saturated heterocycles. The molecule has 0 N–H and O–H groups in total. The maximum atomic E-state index is 13.8. The first-order valence-electron chi connectivity index (χ1n) is 6.52. The van der Waals surface area contributed by atoms with Crippen LogP contribution in [0.3, 0.4) is 0 Å². The highest BCUT2D eigenvalue weighted by atomic mass is 127. The third kappa shape index (κ3) is 2.61. The lowest BCUT2D eigenvalue weighted by Gasteiger charge is -2.16. The molecule has 1 aliphatic rings. The summed E-state index contributed by atoms with van der Waals surface area (Å²) in [7, 11) is 0. The van der Waals surface area contributed by atoms with Crippen molar-refractivity contribution in [3.8, 4) is 0 Å². The molecule has 0 spiro atoms. The first-order valence-corrected chi connectivity index (χ1v) is 8.13. The predicted molar refractivity (Wildman–Crippen MR) is 84.0 cm³/mol. The molecule has 1 aromatic heterocycles. The molecule has 1 fully saturated rings. The molecule has 1 atom stereocenters. The van der Waals surface area contributed by atoms with Crippen LogP contribution < -0.4 is 0 Å². The van der Waals surface area contributed by atoms with Gasteiger partial charge in [-0.05, 0) is 47.9 Å². The van der Waals surface area contributed by atoms with E-state index in [1.807, 2.05) is 22.6 Å². The van der Waals surface area contributed by atoms with Crippen molar-refractivity contribution in [3.63, 3.8) is 0 Å². The molecule has 1 heterocycles. The van der Waals surface area contributed by atoms with Crippen molar-refractivity contribution in [2.45, 2.75) is 38.1 Å². The van der Waals surface area contributed by atoms with Gasteiger partial charge in [-0.1, -0.05) is 12.8 Å². The molecule has 2 nitrogen and oxygen atoms in total. The number of nitrogens with zero attached hydrogens (tertiary/aromatic N) is 2. The van der Waals surface area contributed by atoms with E-state index in [-0.39, 0.29) is 5.82 Å². The van der Waals surface area contributed by atoms with E-state index in [1.165, 1.54) is 12.8 Å². The van der Waals surface area contributed by atoms with Crippen LogP contribution in [0, 0.1) is 15.3 Å². The number of halogens is 3. The second-order valence-electron chi connectivity index (χ2n) is 5.31. The van der Waals surface area contributed by atoms with E-state index in [2.05, 4.69) is 16.5 Å². The minimum Gasteiger partial charge on any atom is -0.324 e. The summed E-state index contributed by atoms with van der Waals surface area (Å²) in [5, 5.41) is 0. The van der Waals surface area contributed by atoms with Gasteiger partial charge in [-0.2, -0.15) is 0 Å². The summed E-state index contributed by atoms with van der Waals surface area (Å²) in [5.41, 5.74) is 1.70. The van der Waals surface area contributed by atoms with Crippen LogP contribution in [0.4, 0.5) is 4.39 Å². The van der Waals surface area contributed by atoms with E-state index < -0.39 is 0 Å². The molecule has 2 aromatic rings. The summed E-state index contributed by atoms with van der Waals surface area (Å²) >= 11 is 8.00. The Hall–Kier alpha value is -0.360. The highest BCUT2D eigenvalue weighted by Gasteiger charge is 2.26. The molecule has 0 bridgehead atoms. The second-order valence-corrected chi connectivity index (χ2v) is 6.74. The van der Waals surface area contributed by atoms with Crippen LogP contribution >= 0.6 is 34.2 Å². The maximum Gasteiger partial charge on any atom is 0.138 e. The van der Waals surface area contributed by atoms with Gasteiger partial charge in [-0.3, -0.25) is 0 Å². The molecule has 5 heteroatoms. The zero-order valence-corrected chi connectivity index (χ0v) is 13.6. The van der Waals surface area contributed by atoms with Gasteiger partial charge in [-0.25, -0.2) is 9.37 Å². The van der Waals surface area contributed by atoms with Crippen molar-refractivity contribution in [2.24, 2.45) is 5.92 Å². The Bertz CT molecular complexity index is 621. The quantitative estimate of drug-likeness (QED) is 0.536. The smallest absolute Gasteiger partial charge is 0.138 e. The van der Waals surface area contributed by atoms with Crippen molar-refractivity contribution in [2.75, 3.05) is 0 Å². The molecule has 1 aliphatic carbocycles. The van der Waals surface area contributed by atoms with Gasteiger partial charge in [0.25, 0.3) is 0 Å². The first kappa shape index (κ1) is 13.6. The molecule has 0 amide bonds. The molecule has 1 unspecified atom stereocenters. The number of rotatable bonds is 4. The van der Waals surface area contributed by atoms with Gasteiger partial charge >= 0.3 is 0 Å². The SMILES string of the molecule is CC(CC1CC1)n1c(CCl)nc2cc(I)c(F)cc21. The first-order chi connectivity index (χ1) is 9.10. The molecule has 3 rings (SSSR count). The predicted octanol–water partition coefficient (Wildman–Crippen LogP) is 4.88. The lowest BCUT2D eigenvalue weighted by atomic mass is 10.1. The van der Waals surface area contributed by atoms with Crippen molar-refractivity contribution in [3.05, 3.63) is 27.3 Å². The summed E-state index contributed by atoms with van der Waals surface area (Å²) in [4.78, 5) is 4.54. The molecule has 0 aliphatic heterocycles. The third-order valence-corrected chi connectivity index (χ3v) is 4.80. The Kier molecular flexibility index (Phi) is 3.73. The number of imidazole rings is 1. The van der Waals surface area contributed by atoms with Gasteiger partial charge in [0.15, 0.2) is 0 Å². The molecule has 1 aromatic carbocycles. The standard InChI is InChI=1S/C14H15ClFIN2/c1-8(4-9-2-3-9)19-13-5-10(16)11(17)6-12(13)18-14(19)7-15/h5-6,8-9H,2-4,7H2,1H3. The van der Waals surface area contributed by atoms with Gasteiger partial charge in [0.1, 0.15) is 11.6 Å². The zero-order valence-electron chi connectivity index (χ0n) is 10.7. The number of fused-ring (bicyclic) bond motifs is 1. The largest absolute Gasteiger partial charge is 0.324 e. The Morgan fingerprint density at radius 2 is 2.26 bits per heavy atom. The highest BCUT2D eigenvalue weighted by molar-refractivity contribution is 14.1. The average molecular weight is 393 g/mol. The summed E-state index contributed by atoms with van der Waals surface area (Å²) in [6.07, 6.45) is 3.77. The monoisotopic (exact) mass is 392 g/mol. The second kappa shape index (κ2) is 5.20. The Labute approximate surface area is 130 Å². The average Bonchev–Trinajstić information content (AvgIpc) is 3.10. The maximum absolute atomic E-state index is 13.8. The molecule has 19 heavy (non-hydrogen) atoms. The Balaban J connectivity index is 2.10. The summed E-state index contributed by atoms with van der Waals surface area (Å²) < 4.78 is 16.5. The van der Waals surface area contributed by atoms with Crippen molar-refractivity contribution >= 4 is 45.2 Å². The summed E-state index contributed by atoms with van der Waals surface area (Å²) in [6, 6.07) is 3.70. The fourth-order valence-corrected chi connectivity index (χ4v) is 3.31. The topological polar surface area (TPSA) is 17.8 Å². The van der Waals surface area contributed by atoms with E-state index in [9.17, 15) is 4.39 Å². The number of hydrogen-bond donors (Lipinski definition) is 0. The van der Waals surface area contributed by atoms with Gasteiger partial charge in [0.05, 0.1) is 20.5 Å². The van der Waals surface area contributed by atoms with Gasteiger partial charge in [0, 0.05) is 12.1 Å². The van der Waals surface area contributed by atoms with Crippen molar-refractivity contribution < 1.29 is 4.39 Å². The fraction of sp³-hybridized carbons (Fsp3) is 0.500. The van der Waals surface area contributed by atoms with E-state index in [0.717, 1.165) is 29.2 Å². The zero-order chi connectivity index (χ0) is 13.6. The van der Waals surface area contributed by atoms with E-state index in [1.54, 1.807) is 12.1 Å². The van der Waals surface area contributed by atoms with Crippen LogP contribution in [0.25, 0.3) is 11.0 Å². The molecular weight excluding hydrogens is 378 g/mol. The number of benzene rings is 1. The van der Waals surface area contributed by atoms with Crippen LogP contribution in [0.15, 0.2) is 12.1 Å². The van der Waals surface area contributed by atoms with E-state index in [0.29, 0.717) is 15.5 Å². The lowest BCUT2D eigenvalue weighted by Crippen LogP contribution is -2.09. The third-order valence-electron chi connectivity index (χ3n) is 3.74. The van der Waals surface area contributed by atoms with Crippen LogP contribution in [0.2, 0.25) is 0 Å². The Morgan fingerprint density at radius 1 is 1.53 bits per heavy atom. The van der Waals surface area contributed by atoms with Gasteiger partial charge < -0.3 is 4.57 Å². The van der Waals surface area contributed by atoms with Crippen LogP contribution in [0.5, 0.6) is 0 Å². The molecule has 102 valence electrons. The summed E-state index contributed by atoms with van der Waals surface area (Å²) in [5.74, 6) is 1.84. The fourth-order valence-electron chi connectivity index (χ4n) is 2.67. The Morgan fingerprint density at radius 3 is 2.89 bits per heavy atom. The minimum absolute atomic E-state index is 0.186. The van der Waals surface area contributed by atoms with E-state index in [4.69, 9.17) is 11.6 Å². The van der Waals surface area contributed by atoms with Crippen LogP contribution in [0.1, 0.15) is 38.1 Å². The van der Waals surface area contributed by atoms with Crippen LogP contribution in [-0.2, 0) is 5.88 Å². The van der Waals surface area contributed by atoms with Crippen molar-refractivity contribution in [1.29, 1.82) is 0 Å². The highest BCUT2D eigenvalue weighted by Crippen LogP contribution is 2.38. The molecule has 0 radical (unpaired) electrons. The molecule has 1 saturated carbocycles.